The SMILES string of the molecule is O=C(C[C@H](c1ccc2c(c1)OCO2)c1cnc2ccccn12)NCCc1ccccn1. The number of carbonyl (C=O) groups is 1. The average Bonchev–Trinajstić information content (AvgIpc) is 3.45. The van der Waals surface area contributed by atoms with Gasteiger partial charge in [0.15, 0.2) is 11.5 Å². The molecule has 0 aliphatic carbocycles. The van der Waals surface area contributed by atoms with Crippen molar-refractivity contribution in [3.63, 3.8) is 0 Å². The first-order valence-corrected chi connectivity index (χ1v) is 10.3. The Kier molecular flexibility index (Phi) is 5.22. The van der Waals surface area contributed by atoms with Crippen LogP contribution in [0.4, 0.5) is 0 Å². The largest absolute Gasteiger partial charge is 0.454 e. The summed E-state index contributed by atoms with van der Waals surface area (Å²) in [6.07, 6.45) is 6.56. The van der Waals surface area contributed by atoms with Crippen molar-refractivity contribution < 1.29 is 14.3 Å². The lowest BCUT2D eigenvalue weighted by molar-refractivity contribution is -0.121. The highest BCUT2D eigenvalue weighted by atomic mass is 16.7. The molecule has 5 rings (SSSR count). The smallest absolute Gasteiger partial charge is 0.231 e. The van der Waals surface area contributed by atoms with Gasteiger partial charge in [-0.15, -0.1) is 0 Å². The first-order chi connectivity index (χ1) is 15.3. The first kappa shape index (κ1) is 19.1. The van der Waals surface area contributed by atoms with E-state index in [0.29, 0.717) is 25.1 Å². The van der Waals surface area contributed by atoms with Gasteiger partial charge in [0.25, 0.3) is 0 Å². The van der Waals surface area contributed by atoms with E-state index in [-0.39, 0.29) is 18.6 Å². The molecule has 0 fully saturated rings. The number of hydrogen-bond donors (Lipinski definition) is 1. The van der Waals surface area contributed by atoms with E-state index in [4.69, 9.17) is 9.47 Å². The van der Waals surface area contributed by atoms with Crippen molar-refractivity contribution in [2.24, 2.45) is 0 Å². The number of aromatic nitrogens is 3. The molecule has 7 nitrogen and oxygen atoms in total. The number of pyridine rings is 2. The Bertz CT molecular complexity index is 1210. The fraction of sp³-hybridized carbons (Fsp3) is 0.208. The van der Waals surface area contributed by atoms with Crippen molar-refractivity contribution in [2.45, 2.75) is 18.8 Å². The second-order valence-electron chi connectivity index (χ2n) is 7.40. The minimum absolute atomic E-state index is 0.0236. The molecule has 4 heterocycles. The predicted octanol–water partition coefficient (Wildman–Crippen LogP) is 3.34. The fourth-order valence-corrected chi connectivity index (χ4v) is 3.87. The molecular formula is C24H22N4O3. The third kappa shape index (κ3) is 4.07. The van der Waals surface area contributed by atoms with Crippen LogP contribution in [0, 0.1) is 0 Å². The Balaban J connectivity index is 1.38. The van der Waals surface area contributed by atoms with Crippen LogP contribution in [0.25, 0.3) is 5.65 Å². The molecule has 1 atom stereocenters. The van der Waals surface area contributed by atoms with Gasteiger partial charge in [-0.2, -0.15) is 0 Å². The second-order valence-corrected chi connectivity index (χ2v) is 7.40. The van der Waals surface area contributed by atoms with Crippen molar-refractivity contribution in [1.82, 2.24) is 19.7 Å². The topological polar surface area (TPSA) is 77.8 Å². The number of fused-ring (bicyclic) bond motifs is 2. The minimum Gasteiger partial charge on any atom is -0.454 e. The number of nitrogens with one attached hydrogen (secondary N) is 1. The highest BCUT2D eigenvalue weighted by Gasteiger charge is 2.24. The van der Waals surface area contributed by atoms with Crippen molar-refractivity contribution in [2.75, 3.05) is 13.3 Å². The van der Waals surface area contributed by atoms with Crippen LogP contribution in [0.5, 0.6) is 11.5 Å². The third-order valence-corrected chi connectivity index (χ3v) is 5.42. The van der Waals surface area contributed by atoms with Crippen LogP contribution in [-0.2, 0) is 11.2 Å². The zero-order valence-corrected chi connectivity index (χ0v) is 16.9. The fourth-order valence-electron chi connectivity index (χ4n) is 3.87. The van der Waals surface area contributed by atoms with E-state index < -0.39 is 0 Å². The monoisotopic (exact) mass is 414 g/mol. The van der Waals surface area contributed by atoms with Crippen molar-refractivity contribution in [3.05, 3.63) is 90.1 Å². The molecule has 0 saturated heterocycles. The predicted molar refractivity (Wildman–Crippen MR) is 115 cm³/mol. The van der Waals surface area contributed by atoms with Crippen LogP contribution in [0.1, 0.15) is 29.3 Å². The van der Waals surface area contributed by atoms with Gasteiger partial charge in [-0.3, -0.25) is 9.78 Å². The molecule has 156 valence electrons. The maximum absolute atomic E-state index is 12.9. The van der Waals surface area contributed by atoms with Crippen LogP contribution in [0.3, 0.4) is 0 Å². The lowest BCUT2D eigenvalue weighted by Crippen LogP contribution is -2.27. The van der Waals surface area contributed by atoms with E-state index in [0.717, 1.165) is 28.3 Å². The van der Waals surface area contributed by atoms with E-state index in [9.17, 15) is 4.79 Å². The van der Waals surface area contributed by atoms with E-state index in [1.165, 1.54) is 0 Å². The van der Waals surface area contributed by atoms with Gasteiger partial charge < -0.3 is 19.2 Å². The number of ether oxygens (including phenoxy) is 2. The summed E-state index contributed by atoms with van der Waals surface area (Å²) < 4.78 is 13.0. The number of benzene rings is 1. The molecule has 1 amide bonds. The lowest BCUT2D eigenvalue weighted by atomic mass is 9.92. The molecule has 1 N–H and O–H groups in total. The van der Waals surface area contributed by atoms with Crippen molar-refractivity contribution >= 4 is 11.6 Å². The highest BCUT2D eigenvalue weighted by Crippen LogP contribution is 2.37. The molecule has 0 radical (unpaired) electrons. The maximum Gasteiger partial charge on any atom is 0.231 e. The second kappa shape index (κ2) is 8.47. The summed E-state index contributed by atoms with van der Waals surface area (Å²) in [4.78, 5) is 21.7. The van der Waals surface area contributed by atoms with Crippen LogP contribution in [-0.4, -0.2) is 33.6 Å². The Morgan fingerprint density at radius 3 is 2.87 bits per heavy atom. The van der Waals surface area contributed by atoms with Gasteiger partial charge in [0.2, 0.25) is 12.7 Å². The van der Waals surface area contributed by atoms with Crippen LogP contribution in [0.2, 0.25) is 0 Å². The highest BCUT2D eigenvalue weighted by molar-refractivity contribution is 5.77. The van der Waals surface area contributed by atoms with E-state index >= 15 is 0 Å². The summed E-state index contributed by atoms with van der Waals surface area (Å²) in [5, 5.41) is 3.03. The van der Waals surface area contributed by atoms with Crippen LogP contribution >= 0.6 is 0 Å². The molecule has 1 aliphatic heterocycles. The standard InChI is InChI=1S/C24H22N4O3/c29-24(26-11-9-18-5-1-3-10-25-18)14-19(17-7-8-21-22(13-17)31-16-30-21)20-15-27-23-6-2-4-12-28(20)23/h1-8,10,12-13,15,19H,9,11,14,16H2,(H,26,29)/t19-/m1/s1. The quantitative estimate of drug-likeness (QED) is 0.502. The normalized spacial score (nSPS) is 13.3. The van der Waals surface area contributed by atoms with Gasteiger partial charge in [0.05, 0.1) is 5.69 Å². The van der Waals surface area contributed by atoms with Gasteiger partial charge in [-0.05, 0) is 42.0 Å². The van der Waals surface area contributed by atoms with Crippen LogP contribution < -0.4 is 14.8 Å². The molecule has 1 aliphatic rings. The van der Waals surface area contributed by atoms with E-state index in [1.54, 1.807) is 6.20 Å². The molecule has 4 aromatic rings. The Morgan fingerprint density at radius 2 is 1.97 bits per heavy atom. The van der Waals surface area contributed by atoms with Gasteiger partial charge >= 0.3 is 0 Å². The van der Waals surface area contributed by atoms with Gasteiger partial charge in [-0.1, -0.05) is 18.2 Å². The minimum atomic E-state index is -0.179. The lowest BCUT2D eigenvalue weighted by Gasteiger charge is -2.18. The number of carbonyl (C=O) groups excluding carboxylic acids is 1. The summed E-state index contributed by atoms with van der Waals surface area (Å²) >= 11 is 0. The molecule has 0 bridgehead atoms. The molecule has 0 saturated carbocycles. The molecule has 0 spiro atoms. The Morgan fingerprint density at radius 1 is 1.06 bits per heavy atom. The molecule has 31 heavy (non-hydrogen) atoms. The van der Waals surface area contributed by atoms with Crippen molar-refractivity contribution in [3.8, 4) is 11.5 Å². The van der Waals surface area contributed by atoms with Gasteiger partial charge in [0.1, 0.15) is 5.65 Å². The van der Waals surface area contributed by atoms with Gasteiger partial charge in [-0.25, -0.2) is 4.98 Å². The number of imidazole rings is 1. The number of amides is 1. The number of hydrogen-bond acceptors (Lipinski definition) is 5. The van der Waals surface area contributed by atoms with Crippen molar-refractivity contribution in [1.29, 1.82) is 0 Å². The van der Waals surface area contributed by atoms with Gasteiger partial charge in [0, 0.05) is 49.6 Å². The molecule has 1 aromatic carbocycles. The summed E-state index contributed by atoms with van der Waals surface area (Å²) in [6.45, 7) is 0.754. The Hall–Kier alpha value is -3.87. The number of rotatable bonds is 7. The van der Waals surface area contributed by atoms with E-state index in [1.807, 2.05) is 71.4 Å². The zero-order valence-electron chi connectivity index (χ0n) is 16.9. The summed E-state index contributed by atoms with van der Waals surface area (Å²) in [6, 6.07) is 17.5. The first-order valence-electron chi connectivity index (χ1n) is 10.3. The zero-order chi connectivity index (χ0) is 21.0. The maximum atomic E-state index is 12.9. The molecule has 3 aromatic heterocycles. The third-order valence-electron chi connectivity index (χ3n) is 5.42. The summed E-state index contributed by atoms with van der Waals surface area (Å²) in [7, 11) is 0. The molecule has 0 unspecified atom stereocenters. The molecule has 7 heteroatoms. The number of nitrogens with zero attached hydrogens (tertiary/aromatic N) is 3. The molecular weight excluding hydrogens is 392 g/mol. The van der Waals surface area contributed by atoms with E-state index in [2.05, 4.69) is 15.3 Å². The Labute approximate surface area is 179 Å². The summed E-state index contributed by atoms with van der Waals surface area (Å²) in [5.74, 6) is 1.22. The van der Waals surface area contributed by atoms with Crippen LogP contribution in [0.15, 0.2) is 73.2 Å². The summed E-state index contributed by atoms with van der Waals surface area (Å²) in [5.41, 5.74) is 3.74. The average molecular weight is 414 g/mol.